The van der Waals surface area contributed by atoms with Crippen molar-refractivity contribution < 1.29 is 18.0 Å². The summed E-state index contributed by atoms with van der Waals surface area (Å²) in [5.41, 5.74) is 4.04. The van der Waals surface area contributed by atoms with Crippen molar-refractivity contribution in [2.45, 2.75) is 37.1 Å². The third-order valence-corrected chi connectivity index (χ3v) is 10.1. The number of nitrogens with one attached hydrogen (secondary N) is 2. The first kappa shape index (κ1) is 27.9. The van der Waals surface area contributed by atoms with Crippen LogP contribution in [0.3, 0.4) is 0 Å². The van der Waals surface area contributed by atoms with Crippen molar-refractivity contribution in [1.29, 1.82) is 0 Å². The molecule has 2 aliphatic heterocycles. The minimum absolute atomic E-state index is 0.0155. The number of amides is 2. The van der Waals surface area contributed by atoms with E-state index in [1.54, 1.807) is 31.3 Å². The Morgan fingerprint density at radius 3 is 2.45 bits per heavy atom. The van der Waals surface area contributed by atoms with Gasteiger partial charge in [-0.15, -0.1) is 0 Å². The van der Waals surface area contributed by atoms with E-state index in [1.165, 1.54) is 10.4 Å². The number of benzene rings is 3. The standard InChI is InChI=1S/C33H34N4O4S/c1-3-4-18-36(2)42(40,41)27-16-17-29-28(20-27)30(32(38)35-29)31(23-8-6-5-7-9-23)34-25-13-11-24(12-14-25)33(39)37-21-22-10-15-26(37)19-22/h5-17,20,22,26,34H,3-4,18-19,21H2,1-2H3,(H,35,38)/b31-30-. The molecule has 2 N–H and O–H groups in total. The lowest BCUT2D eigenvalue weighted by atomic mass is 10.00. The van der Waals surface area contributed by atoms with Gasteiger partial charge in [-0.1, -0.05) is 55.8 Å². The fourth-order valence-electron chi connectivity index (χ4n) is 5.87. The molecule has 2 bridgehead atoms. The maximum Gasteiger partial charge on any atom is 0.258 e. The first-order valence-corrected chi connectivity index (χ1v) is 15.8. The zero-order valence-corrected chi connectivity index (χ0v) is 24.5. The molecular weight excluding hydrogens is 548 g/mol. The zero-order chi connectivity index (χ0) is 29.4. The molecule has 216 valence electrons. The Morgan fingerprint density at radius 1 is 1.02 bits per heavy atom. The van der Waals surface area contributed by atoms with Gasteiger partial charge in [0.05, 0.1) is 22.2 Å². The van der Waals surface area contributed by atoms with Gasteiger partial charge >= 0.3 is 0 Å². The molecule has 3 aliphatic rings. The molecular formula is C33H34N4O4S. The number of anilines is 2. The van der Waals surface area contributed by atoms with Crippen LogP contribution in [0.1, 0.15) is 47.7 Å². The predicted octanol–water partition coefficient (Wildman–Crippen LogP) is 5.44. The van der Waals surface area contributed by atoms with Gasteiger partial charge in [-0.05, 0) is 66.8 Å². The molecule has 2 atom stereocenters. The molecule has 9 heteroatoms. The quantitative estimate of drug-likeness (QED) is 0.259. The van der Waals surface area contributed by atoms with E-state index in [4.69, 9.17) is 0 Å². The number of carbonyl (C=O) groups is 2. The Bertz CT molecular complexity index is 1700. The lowest BCUT2D eigenvalue weighted by Gasteiger charge is -2.24. The van der Waals surface area contributed by atoms with Gasteiger partial charge in [-0.3, -0.25) is 9.59 Å². The van der Waals surface area contributed by atoms with Crippen LogP contribution in [0, 0.1) is 5.92 Å². The second-order valence-electron chi connectivity index (χ2n) is 11.1. The number of unbranched alkanes of at least 4 members (excludes halogenated alkanes) is 1. The minimum atomic E-state index is -3.74. The summed E-state index contributed by atoms with van der Waals surface area (Å²) >= 11 is 0. The van der Waals surface area contributed by atoms with Crippen LogP contribution in [0.5, 0.6) is 0 Å². The van der Waals surface area contributed by atoms with Gasteiger partial charge in [0.15, 0.2) is 0 Å². The lowest BCUT2D eigenvalue weighted by molar-refractivity contribution is -0.110. The summed E-state index contributed by atoms with van der Waals surface area (Å²) in [5.74, 6) is 0.142. The highest BCUT2D eigenvalue weighted by atomic mass is 32.2. The summed E-state index contributed by atoms with van der Waals surface area (Å²) in [7, 11) is -2.16. The van der Waals surface area contributed by atoms with Crippen molar-refractivity contribution in [3.63, 3.8) is 0 Å². The normalized spacial score (nSPS) is 20.2. The lowest BCUT2D eigenvalue weighted by Crippen LogP contribution is -2.35. The van der Waals surface area contributed by atoms with Crippen LogP contribution in [-0.2, 0) is 14.8 Å². The zero-order valence-electron chi connectivity index (χ0n) is 23.7. The van der Waals surface area contributed by atoms with Crippen LogP contribution in [0.4, 0.5) is 11.4 Å². The summed E-state index contributed by atoms with van der Waals surface area (Å²) in [4.78, 5) is 28.6. The number of hydrogen-bond acceptors (Lipinski definition) is 5. The van der Waals surface area contributed by atoms with E-state index in [0.29, 0.717) is 46.2 Å². The SMILES string of the molecule is CCCCN(C)S(=O)(=O)c1ccc2c(c1)/C(=C(/Nc1ccc(C(=O)N3CC4C=CC3C4)cc1)c1ccccc1)C(=O)N2. The van der Waals surface area contributed by atoms with Crippen molar-refractivity contribution in [2.24, 2.45) is 5.92 Å². The Labute approximate surface area is 246 Å². The molecule has 1 aliphatic carbocycles. The molecule has 0 aromatic heterocycles. The highest BCUT2D eigenvalue weighted by Gasteiger charge is 2.37. The molecule has 0 spiro atoms. The molecule has 1 saturated heterocycles. The number of hydrogen-bond donors (Lipinski definition) is 2. The fourth-order valence-corrected chi connectivity index (χ4v) is 7.10. The van der Waals surface area contributed by atoms with Crippen LogP contribution < -0.4 is 10.6 Å². The molecule has 1 fully saturated rings. The van der Waals surface area contributed by atoms with E-state index in [-0.39, 0.29) is 22.8 Å². The van der Waals surface area contributed by atoms with Gasteiger partial charge in [0.1, 0.15) is 0 Å². The van der Waals surface area contributed by atoms with Crippen molar-refractivity contribution in [2.75, 3.05) is 30.8 Å². The molecule has 42 heavy (non-hydrogen) atoms. The molecule has 2 amide bonds. The monoisotopic (exact) mass is 582 g/mol. The third kappa shape index (κ3) is 5.14. The van der Waals surface area contributed by atoms with Crippen molar-refractivity contribution in [1.82, 2.24) is 9.21 Å². The molecule has 8 nitrogen and oxygen atoms in total. The van der Waals surface area contributed by atoms with E-state index in [0.717, 1.165) is 31.4 Å². The largest absolute Gasteiger partial charge is 0.354 e. The van der Waals surface area contributed by atoms with Crippen molar-refractivity contribution in [3.8, 4) is 0 Å². The highest BCUT2D eigenvalue weighted by molar-refractivity contribution is 7.89. The van der Waals surface area contributed by atoms with Gasteiger partial charge in [0, 0.05) is 42.6 Å². The molecule has 3 aromatic rings. The number of fused-ring (bicyclic) bond motifs is 3. The Balaban J connectivity index is 1.35. The van der Waals surface area contributed by atoms with Crippen molar-refractivity contribution in [3.05, 3.63) is 102 Å². The van der Waals surface area contributed by atoms with Gasteiger partial charge in [0.25, 0.3) is 11.8 Å². The fraction of sp³-hybridized carbons (Fsp3) is 0.273. The molecule has 2 unspecified atom stereocenters. The summed E-state index contributed by atoms with van der Waals surface area (Å²) in [6.45, 7) is 3.19. The van der Waals surface area contributed by atoms with Crippen LogP contribution in [-0.4, -0.2) is 55.6 Å². The minimum Gasteiger partial charge on any atom is -0.354 e. The summed E-state index contributed by atoms with van der Waals surface area (Å²) in [6.07, 6.45) is 6.95. The smallest absolute Gasteiger partial charge is 0.258 e. The van der Waals surface area contributed by atoms with E-state index in [1.807, 2.05) is 54.3 Å². The summed E-state index contributed by atoms with van der Waals surface area (Å²) < 4.78 is 28.0. The predicted molar refractivity (Wildman–Crippen MR) is 165 cm³/mol. The maximum atomic E-state index is 13.4. The van der Waals surface area contributed by atoms with Gasteiger partial charge < -0.3 is 15.5 Å². The second-order valence-corrected chi connectivity index (χ2v) is 13.1. The van der Waals surface area contributed by atoms with E-state index in [2.05, 4.69) is 22.8 Å². The third-order valence-electron chi connectivity index (χ3n) is 8.23. The number of nitrogens with zero attached hydrogens (tertiary/aromatic N) is 2. The van der Waals surface area contributed by atoms with Gasteiger partial charge in [0.2, 0.25) is 10.0 Å². The Hall–Kier alpha value is -4.21. The topological polar surface area (TPSA) is 98.8 Å². The molecule has 6 rings (SSSR count). The van der Waals surface area contributed by atoms with Crippen LogP contribution in [0.25, 0.3) is 11.3 Å². The van der Waals surface area contributed by atoms with Gasteiger partial charge in [-0.2, -0.15) is 0 Å². The summed E-state index contributed by atoms with van der Waals surface area (Å²) in [5, 5.41) is 6.30. The maximum absolute atomic E-state index is 13.4. The number of likely N-dealkylation sites (tertiary alicyclic amines) is 1. The van der Waals surface area contributed by atoms with Crippen LogP contribution in [0.2, 0.25) is 0 Å². The Morgan fingerprint density at radius 2 is 1.79 bits per heavy atom. The number of rotatable bonds is 9. The molecule has 2 heterocycles. The van der Waals surface area contributed by atoms with Crippen LogP contribution in [0.15, 0.2) is 89.8 Å². The van der Waals surface area contributed by atoms with Gasteiger partial charge in [-0.25, -0.2) is 12.7 Å². The first-order valence-electron chi connectivity index (χ1n) is 14.3. The average Bonchev–Trinajstić information content (AvgIpc) is 3.73. The Kier molecular flexibility index (Phi) is 7.47. The van der Waals surface area contributed by atoms with Crippen molar-refractivity contribution >= 4 is 44.5 Å². The molecule has 0 saturated carbocycles. The average molecular weight is 583 g/mol. The van der Waals surface area contributed by atoms with E-state index < -0.39 is 10.0 Å². The first-order chi connectivity index (χ1) is 20.3. The van der Waals surface area contributed by atoms with E-state index in [9.17, 15) is 18.0 Å². The summed E-state index contributed by atoms with van der Waals surface area (Å²) in [6, 6.07) is 21.6. The number of carbonyl (C=O) groups excluding carboxylic acids is 2. The van der Waals surface area contributed by atoms with Crippen LogP contribution >= 0.6 is 0 Å². The number of sulfonamides is 1. The van der Waals surface area contributed by atoms with E-state index >= 15 is 0 Å². The molecule has 0 radical (unpaired) electrons. The molecule has 3 aromatic carbocycles. The highest BCUT2D eigenvalue weighted by Crippen LogP contribution is 2.39. The second kappa shape index (κ2) is 11.2.